The topological polar surface area (TPSA) is 75.4 Å². The van der Waals surface area contributed by atoms with Crippen molar-refractivity contribution in [3.8, 4) is 11.3 Å². The van der Waals surface area contributed by atoms with E-state index in [1.807, 2.05) is 49.1 Å². The fraction of sp³-hybridized carbons (Fsp3) is 0.300. The van der Waals surface area contributed by atoms with Gasteiger partial charge in [-0.25, -0.2) is 4.98 Å². The molecule has 1 fully saturated rings. The van der Waals surface area contributed by atoms with Crippen LogP contribution in [0.4, 0.5) is 5.82 Å². The molecule has 1 saturated heterocycles. The van der Waals surface area contributed by atoms with Crippen LogP contribution in [0.2, 0.25) is 0 Å². The molecule has 0 N–H and O–H groups in total. The van der Waals surface area contributed by atoms with Gasteiger partial charge in [0.2, 0.25) is 0 Å². The Balaban J connectivity index is 1.43. The number of carbonyl (C=O) groups excluding carboxylic acids is 1. The molecular weight excluding hydrogens is 342 g/mol. The molecule has 27 heavy (non-hydrogen) atoms. The molecule has 0 saturated carbocycles. The number of carbonyl (C=O) groups is 1. The molecule has 0 radical (unpaired) electrons. The highest BCUT2D eigenvalue weighted by Crippen LogP contribution is 2.22. The molecular formula is C20H21N5O2. The number of hydrogen-bond donors (Lipinski definition) is 0. The van der Waals surface area contributed by atoms with Gasteiger partial charge in [-0.2, -0.15) is 0 Å². The summed E-state index contributed by atoms with van der Waals surface area (Å²) >= 11 is 0. The van der Waals surface area contributed by atoms with E-state index < -0.39 is 0 Å². The highest BCUT2D eigenvalue weighted by Gasteiger charge is 2.26. The number of aromatic nitrogens is 3. The molecule has 7 nitrogen and oxygen atoms in total. The lowest BCUT2D eigenvalue weighted by Crippen LogP contribution is -2.49. The van der Waals surface area contributed by atoms with Crippen LogP contribution in [-0.4, -0.2) is 52.1 Å². The minimum Gasteiger partial charge on any atom is -0.355 e. The first-order valence-electron chi connectivity index (χ1n) is 8.98. The smallest absolute Gasteiger partial charge is 0.276 e. The summed E-state index contributed by atoms with van der Waals surface area (Å²) in [7, 11) is 0. The zero-order valence-electron chi connectivity index (χ0n) is 15.4. The van der Waals surface area contributed by atoms with Crippen molar-refractivity contribution in [2.75, 3.05) is 31.1 Å². The lowest BCUT2D eigenvalue weighted by Gasteiger charge is -2.35. The highest BCUT2D eigenvalue weighted by atomic mass is 16.5. The third kappa shape index (κ3) is 3.53. The SMILES string of the molecule is Cc1cnc(C)c(N2CCN(C(=O)c3cc(-c4ccccc4)on3)CC2)n1. The van der Waals surface area contributed by atoms with Gasteiger partial charge in [-0.15, -0.1) is 0 Å². The molecule has 0 unspecified atom stereocenters. The van der Waals surface area contributed by atoms with Crippen molar-refractivity contribution in [2.24, 2.45) is 0 Å². The van der Waals surface area contributed by atoms with Gasteiger partial charge in [-0.3, -0.25) is 9.78 Å². The van der Waals surface area contributed by atoms with Gasteiger partial charge in [0.15, 0.2) is 11.5 Å². The maximum atomic E-state index is 12.8. The molecule has 7 heteroatoms. The summed E-state index contributed by atoms with van der Waals surface area (Å²) in [4.78, 5) is 25.7. The largest absolute Gasteiger partial charge is 0.355 e. The Labute approximate surface area is 157 Å². The molecule has 2 aromatic heterocycles. The number of aryl methyl sites for hydroxylation is 2. The zero-order valence-corrected chi connectivity index (χ0v) is 15.4. The summed E-state index contributed by atoms with van der Waals surface area (Å²) in [5, 5.41) is 3.97. The lowest BCUT2D eigenvalue weighted by molar-refractivity contribution is 0.0736. The Kier molecular flexibility index (Phi) is 4.58. The molecule has 1 aliphatic rings. The van der Waals surface area contributed by atoms with Crippen LogP contribution in [0.1, 0.15) is 21.9 Å². The molecule has 3 aromatic rings. The Hall–Kier alpha value is -3.22. The molecule has 0 atom stereocenters. The number of piperazine rings is 1. The minimum absolute atomic E-state index is 0.104. The first kappa shape index (κ1) is 17.2. The van der Waals surface area contributed by atoms with Crippen molar-refractivity contribution < 1.29 is 9.32 Å². The van der Waals surface area contributed by atoms with E-state index in [-0.39, 0.29) is 5.91 Å². The molecule has 1 aromatic carbocycles. The van der Waals surface area contributed by atoms with E-state index >= 15 is 0 Å². The van der Waals surface area contributed by atoms with Crippen molar-refractivity contribution >= 4 is 11.7 Å². The summed E-state index contributed by atoms with van der Waals surface area (Å²) < 4.78 is 5.36. The van der Waals surface area contributed by atoms with Gasteiger partial charge in [0.1, 0.15) is 5.82 Å². The predicted molar refractivity (Wildman–Crippen MR) is 102 cm³/mol. The highest BCUT2D eigenvalue weighted by molar-refractivity contribution is 5.93. The standard InChI is InChI=1S/C20H21N5O2/c1-14-13-21-15(2)19(22-14)24-8-10-25(11-9-24)20(26)17-12-18(27-23-17)16-6-4-3-5-7-16/h3-7,12-13H,8-11H2,1-2H3. The van der Waals surface area contributed by atoms with Gasteiger partial charge in [-0.1, -0.05) is 35.5 Å². The van der Waals surface area contributed by atoms with Gasteiger partial charge in [0.05, 0.1) is 11.4 Å². The lowest BCUT2D eigenvalue weighted by atomic mass is 10.1. The van der Waals surface area contributed by atoms with Gasteiger partial charge in [-0.05, 0) is 13.8 Å². The van der Waals surface area contributed by atoms with Crippen LogP contribution < -0.4 is 4.90 Å². The van der Waals surface area contributed by atoms with E-state index in [1.165, 1.54) is 0 Å². The number of benzene rings is 1. The van der Waals surface area contributed by atoms with Crippen molar-refractivity contribution in [1.82, 2.24) is 20.0 Å². The molecule has 0 spiro atoms. The quantitative estimate of drug-likeness (QED) is 0.712. The summed E-state index contributed by atoms with van der Waals surface area (Å²) in [5.41, 5.74) is 3.05. The Morgan fingerprint density at radius 3 is 2.56 bits per heavy atom. The molecule has 1 amide bonds. The molecule has 0 aliphatic carbocycles. The van der Waals surface area contributed by atoms with Crippen LogP contribution in [0.15, 0.2) is 47.1 Å². The number of amides is 1. The van der Waals surface area contributed by atoms with Gasteiger partial charge in [0, 0.05) is 44.0 Å². The van der Waals surface area contributed by atoms with Crippen LogP contribution >= 0.6 is 0 Å². The van der Waals surface area contributed by atoms with Crippen molar-refractivity contribution in [1.29, 1.82) is 0 Å². The summed E-state index contributed by atoms with van der Waals surface area (Å²) in [6, 6.07) is 11.4. The van der Waals surface area contributed by atoms with E-state index in [0.717, 1.165) is 22.8 Å². The summed E-state index contributed by atoms with van der Waals surface area (Å²) in [6.07, 6.45) is 1.77. The number of rotatable bonds is 3. The molecule has 0 bridgehead atoms. The molecule has 4 rings (SSSR count). The minimum atomic E-state index is -0.104. The predicted octanol–water partition coefficient (Wildman–Crippen LogP) is 2.71. The number of nitrogens with zero attached hydrogens (tertiary/aromatic N) is 5. The normalized spacial score (nSPS) is 14.4. The van der Waals surface area contributed by atoms with Crippen LogP contribution in [0.3, 0.4) is 0 Å². The average Bonchev–Trinajstić information content (AvgIpc) is 3.20. The second kappa shape index (κ2) is 7.19. The van der Waals surface area contributed by atoms with E-state index in [9.17, 15) is 4.79 Å². The Morgan fingerprint density at radius 2 is 1.81 bits per heavy atom. The molecule has 1 aliphatic heterocycles. The second-order valence-electron chi connectivity index (χ2n) is 6.64. The van der Waals surface area contributed by atoms with E-state index in [2.05, 4.69) is 20.0 Å². The summed E-state index contributed by atoms with van der Waals surface area (Å²) in [5.74, 6) is 1.39. The van der Waals surface area contributed by atoms with Gasteiger partial charge in [0.25, 0.3) is 5.91 Å². The average molecular weight is 363 g/mol. The number of anilines is 1. The van der Waals surface area contributed by atoms with Gasteiger partial charge >= 0.3 is 0 Å². The summed E-state index contributed by atoms with van der Waals surface area (Å²) in [6.45, 7) is 6.55. The maximum Gasteiger partial charge on any atom is 0.276 e. The van der Waals surface area contributed by atoms with E-state index in [0.29, 0.717) is 37.6 Å². The number of hydrogen-bond acceptors (Lipinski definition) is 6. The van der Waals surface area contributed by atoms with Crippen LogP contribution in [0, 0.1) is 13.8 Å². The first-order valence-corrected chi connectivity index (χ1v) is 8.98. The third-order valence-corrected chi connectivity index (χ3v) is 4.70. The Bertz CT molecular complexity index is 946. The third-order valence-electron chi connectivity index (χ3n) is 4.70. The fourth-order valence-electron chi connectivity index (χ4n) is 3.22. The van der Waals surface area contributed by atoms with Crippen LogP contribution in [-0.2, 0) is 0 Å². The van der Waals surface area contributed by atoms with Crippen LogP contribution in [0.5, 0.6) is 0 Å². The van der Waals surface area contributed by atoms with Crippen molar-refractivity contribution in [3.05, 3.63) is 59.7 Å². The van der Waals surface area contributed by atoms with Crippen molar-refractivity contribution in [3.63, 3.8) is 0 Å². The monoisotopic (exact) mass is 363 g/mol. The van der Waals surface area contributed by atoms with Crippen molar-refractivity contribution in [2.45, 2.75) is 13.8 Å². The maximum absolute atomic E-state index is 12.8. The zero-order chi connectivity index (χ0) is 18.8. The first-order chi connectivity index (χ1) is 13.1. The molecule has 138 valence electrons. The Morgan fingerprint density at radius 1 is 1.07 bits per heavy atom. The van der Waals surface area contributed by atoms with E-state index in [1.54, 1.807) is 12.3 Å². The van der Waals surface area contributed by atoms with Crippen LogP contribution in [0.25, 0.3) is 11.3 Å². The second-order valence-corrected chi connectivity index (χ2v) is 6.64. The molecule has 3 heterocycles. The van der Waals surface area contributed by atoms with E-state index in [4.69, 9.17) is 4.52 Å². The van der Waals surface area contributed by atoms with Gasteiger partial charge < -0.3 is 14.3 Å². The fourth-order valence-corrected chi connectivity index (χ4v) is 3.22.